The van der Waals surface area contributed by atoms with Crippen LogP contribution in [0.4, 0.5) is 0 Å². The van der Waals surface area contributed by atoms with Gasteiger partial charge in [0.15, 0.2) is 0 Å². The van der Waals surface area contributed by atoms with Crippen LogP contribution in [0.25, 0.3) is 22.0 Å². The Bertz CT molecular complexity index is 1240. The summed E-state index contributed by atoms with van der Waals surface area (Å²) in [7, 11) is 0. The van der Waals surface area contributed by atoms with Crippen molar-refractivity contribution >= 4 is 16.7 Å². The summed E-state index contributed by atoms with van der Waals surface area (Å²) < 4.78 is 0. The minimum Gasteiger partial charge on any atom is -0.273 e. The first-order valence-corrected chi connectivity index (χ1v) is 10.6. The lowest BCUT2D eigenvalue weighted by Crippen LogP contribution is -2.36. The lowest BCUT2D eigenvalue weighted by atomic mass is 9.90. The lowest BCUT2D eigenvalue weighted by molar-refractivity contribution is -0.118. The minimum atomic E-state index is -0.305. The number of allylic oxidation sites excluding steroid dienone is 2. The van der Waals surface area contributed by atoms with E-state index in [1.54, 1.807) is 6.07 Å². The quantitative estimate of drug-likeness (QED) is 0.663. The summed E-state index contributed by atoms with van der Waals surface area (Å²) in [6.07, 6.45) is 7.15. The molecular formula is C25H25N3O2. The maximum absolute atomic E-state index is 13.0. The number of aryl methyl sites for hydroxylation is 2. The Morgan fingerprint density at radius 2 is 1.90 bits per heavy atom. The van der Waals surface area contributed by atoms with E-state index in [0.29, 0.717) is 35.3 Å². The first kappa shape index (κ1) is 18.8. The second-order valence-corrected chi connectivity index (χ2v) is 8.71. The Hall–Kier alpha value is -3.21. The average molecular weight is 399 g/mol. The van der Waals surface area contributed by atoms with E-state index in [4.69, 9.17) is 0 Å². The van der Waals surface area contributed by atoms with Crippen molar-refractivity contribution in [2.24, 2.45) is 17.8 Å². The van der Waals surface area contributed by atoms with Gasteiger partial charge < -0.3 is 0 Å². The number of aromatic nitrogens is 2. The molecule has 2 bridgehead atoms. The van der Waals surface area contributed by atoms with Gasteiger partial charge in [0.1, 0.15) is 5.69 Å². The van der Waals surface area contributed by atoms with Crippen LogP contribution in [0.2, 0.25) is 0 Å². The molecule has 0 unspecified atom stereocenters. The number of amides is 1. The summed E-state index contributed by atoms with van der Waals surface area (Å²) in [6.45, 7) is 4.09. The number of nitrogens with zero attached hydrogens (tertiary/aromatic N) is 2. The minimum absolute atomic E-state index is 0.155. The van der Waals surface area contributed by atoms with Gasteiger partial charge in [-0.1, -0.05) is 54.1 Å². The highest BCUT2D eigenvalue weighted by Gasteiger charge is 2.36. The molecule has 5 rings (SSSR count). The van der Waals surface area contributed by atoms with E-state index in [-0.39, 0.29) is 11.5 Å². The molecule has 1 heterocycles. The zero-order valence-electron chi connectivity index (χ0n) is 17.3. The maximum atomic E-state index is 13.0. The highest BCUT2D eigenvalue weighted by atomic mass is 16.2. The summed E-state index contributed by atoms with van der Waals surface area (Å²) in [5, 5.41) is 5.92. The molecule has 1 N–H and O–H groups in total. The van der Waals surface area contributed by atoms with Crippen LogP contribution in [0.15, 0.2) is 59.4 Å². The van der Waals surface area contributed by atoms with E-state index < -0.39 is 0 Å². The van der Waals surface area contributed by atoms with E-state index in [2.05, 4.69) is 28.7 Å². The van der Waals surface area contributed by atoms with E-state index in [1.165, 1.54) is 5.56 Å². The molecule has 1 saturated carbocycles. The molecule has 2 aromatic carbocycles. The van der Waals surface area contributed by atoms with Crippen molar-refractivity contribution in [3.8, 4) is 11.3 Å². The van der Waals surface area contributed by atoms with E-state index >= 15 is 0 Å². The first-order chi connectivity index (χ1) is 14.5. The molecule has 30 heavy (non-hydrogen) atoms. The molecule has 1 fully saturated rings. The molecule has 0 aliphatic heterocycles. The zero-order valence-corrected chi connectivity index (χ0v) is 17.3. The summed E-state index contributed by atoms with van der Waals surface area (Å²) in [4.78, 5) is 26.9. The fourth-order valence-electron chi connectivity index (χ4n) is 5.07. The first-order valence-electron chi connectivity index (χ1n) is 10.6. The van der Waals surface area contributed by atoms with Gasteiger partial charge in [0.25, 0.3) is 5.56 Å². The van der Waals surface area contributed by atoms with E-state index in [9.17, 15) is 9.59 Å². The van der Waals surface area contributed by atoms with Crippen molar-refractivity contribution < 1.29 is 4.79 Å². The lowest BCUT2D eigenvalue weighted by Gasteiger charge is -2.18. The van der Waals surface area contributed by atoms with Gasteiger partial charge in [-0.15, -0.1) is 9.89 Å². The molecule has 5 nitrogen and oxygen atoms in total. The predicted octanol–water partition coefficient (Wildman–Crippen LogP) is 4.35. The van der Waals surface area contributed by atoms with Crippen molar-refractivity contribution in [2.45, 2.75) is 33.1 Å². The fraction of sp³-hybridized carbons (Fsp3) is 0.320. The Morgan fingerprint density at radius 3 is 2.60 bits per heavy atom. The molecule has 152 valence electrons. The van der Waals surface area contributed by atoms with E-state index in [0.717, 1.165) is 34.1 Å². The Kier molecular flexibility index (Phi) is 4.54. The molecule has 5 heteroatoms. The van der Waals surface area contributed by atoms with Crippen molar-refractivity contribution in [3.05, 3.63) is 76.1 Å². The summed E-state index contributed by atoms with van der Waals surface area (Å²) in [6, 6.07) is 13.6. The highest BCUT2D eigenvalue weighted by Crippen LogP contribution is 2.44. The van der Waals surface area contributed by atoms with Crippen LogP contribution in [0.3, 0.4) is 0 Å². The Morgan fingerprint density at radius 1 is 1.10 bits per heavy atom. The molecule has 2 aliphatic carbocycles. The smallest absolute Gasteiger partial charge is 0.273 e. The van der Waals surface area contributed by atoms with E-state index in [1.807, 2.05) is 44.2 Å². The topological polar surface area (TPSA) is 64.0 Å². The molecule has 3 atom stereocenters. The number of hydrogen-bond acceptors (Lipinski definition) is 3. The molecule has 3 aromatic rings. The van der Waals surface area contributed by atoms with Crippen molar-refractivity contribution in [2.75, 3.05) is 5.43 Å². The number of carbonyl (C=O) groups is 1. The van der Waals surface area contributed by atoms with Crippen LogP contribution in [0.5, 0.6) is 0 Å². The maximum Gasteiger partial charge on any atom is 0.294 e. The molecule has 0 saturated heterocycles. The van der Waals surface area contributed by atoms with Gasteiger partial charge in [-0.05, 0) is 56.1 Å². The number of carbonyl (C=O) groups excluding carboxylic acids is 1. The third-order valence-corrected chi connectivity index (χ3v) is 6.54. The van der Waals surface area contributed by atoms with Crippen molar-refractivity contribution in [1.82, 2.24) is 9.89 Å². The number of benzene rings is 2. The number of fused-ring (bicyclic) bond motifs is 3. The van der Waals surface area contributed by atoms with Gasteiger partial charge in [0, 0.05) is 17.4 Å². The summed E-state index contributed by atoms with van der Waals surface area (Å²) in [5.41, 5.74) is 6.36. The third-order valence-electron chi connectivity index (χ3n) is 6.54. The summed E-state index contributed by atoms with van der Waals surface area (Å²) in [5.74, 6) is 1.31. The highest BCUT2D eigenvalue weighted by molar-refractivity contribution is 5.95. The summed E-state index contributed by atoms with van der Waals surface area (Å²) >= 11 is 0. The van der Waals surface area contributed by atoms with Crippen molar-refractivity contribution in [3.63, 3.8) is 0 Å². The molecule has 0 spiro atoms. The van der Waals surface area contributed by atoms with Crippen LogP contribution >= 0.6 is 0 Å². The Labute approximate surface area is 175 Å². The molecule has 0 radical (unpaired) electrons. The normalized spacial score (nSPS) is 22.0. The van der Waals surface area contributed by atoms with Crippen LogP contribution < -0.4 is 11.0 Å². The SMILES string of the molecule is Cc1ccc(-c2nn(NC(=O)C[C@@H]3C[C@@H]4C=C[C@H]3C4)c(=O)c3ccccc23)c(C)c1. The monoisotopic (exact) mass is 399 g/mol. The predicted molar refractivity (Wildman–Crippen MR) is 119 cm³/mol. The number of rotatable bonds is 4. The third kappa shape index (κ3) is 3.24. The van der Waals surface area contributed by atoms with Crippen LogP contribution in [-0.2, 0) is 4.79 Å². The second kappa shape index (κ2) is 7.24. The van der Waals surface area contributed by atoms with Gasteiger partial charge in [-0.2, -0.15) is 0 Å². The molecule has 1 amide bonds. The van der Waals surface area contributed by atoms with Gasteiger partial charge in [-0.25, -0.2) is 5.43 Å². The number of hydrogen-bond donors (Lipinski definition) is 1. The zero-order chi connectivity index (χ0) is 20.8. The van der Waals surface area contributed by atoms with Gasteiger partial charge in [0.05, 0.1) is 5.39 Å². The standard InChI is InChI=1S/C25H25N3O2/c1-15-7-10-20(16(2)11-15)24-21-5-3-4-6-22(21)25(30)28(27-24)26-23(29)14-19-13-17-8-9-18(19)12-17/h3-11,17-19H,12-14H2,1-2H3,(H,26,29)/t17-,18+,19+/m1/s1. The molecule has 1 aromatic heterocycles. The largest absolute Gasteiger partial charge is 0.294 e. The van der Waals surface area contributed by atoms with Gasteiger partial charge in [0.2, 0.25) is 5.91 Å². The second-order valence-electron chi connectivity index (χ2n) is 8.71. The number of nitrogens with one attached hydrogen (secondary N) is 1. The average Bonchev–Trinajstić information content (AvgIpc) is 3.34. The Balaban J connectivity index is 1.52. The molecule has 2 aliphatic rings. The van der Waals surface area contributed by atoms with Gasteiger partial charge >= 0.3 is 0 Å². The molecular weight excluding hydrogens is 374 g/mol. The van der Waals surface area contributed by atoms with Crippen molar-refractivity contribution in [1.29, 1.82) is 0 Å². The van der Waals surface area contributed by atoms with Gasteiger partial charge in [-0.3, -0.25) is 9.59 Å². The van der Waals surface area contributed by atoms with Crippen LogP contribution in [0.1, 0.15) is 30.4 Å². The fourth-order valence-corrected chi connectivity index (χ4v) is 5.07. The van der Waals surface area contributed by atoms with Crippen LogP contribution in [-0.4, -0.2) is 15.8 Å². The van der Waals surface area contributed by atoms with Crippen LogP contribution in [0, 0.1) is 31.6 Å².